The first-order valence-electron chi connectivity index (χ1n) is 11.5. The van der Waals surface area contributed by atoms with Gasteiger partial charge in [-0.2, -0.15) is 23.3 Å². The molecule has 0 amide bonds. The van der Waals surface area contributed by atoms with E-state index >= 15 is 0 Å². The largest absolute Gasteiger partial charge is 0.503 e. The van der Waals surface area contributed by atoms with E-state index in [0.29, 0.717) is 18.6 Å². The number of hydrogen-bond acceptors (Lipinski definition) is 6. The van der Waals surface area contributed by atoms with Gasteiger partial charge in [-0.25, -0.2) is 18.4 Å². The normalized spacial score (nSPS) is 17.1. The Morgan fingerprint density at radius 2 is 1.78 bits per heavy atom. The second kappa shape index (κ2) is 9.25. The van der Waals surface area contributed by atoms with Crippen molar-refractivity contribution < 1.29 is 27.1 Å². The Balaban J connectivity index is 1.57. The molecule has 0 unspecified atom stereocenters. The molecular formula is C25H23F5N6O. The maximum absolute atomic E-state index is 14.8. The number of likely N-dealkylation sites (N-methyl/N-ethyl adjacent to an activating group) is 1. The number of phenols is 1. The third-order valence-electron chi connectivity index (χ3n) is 6.56. The number of alkyl halides is 3. The smallest absolute Gasteiger partial charge is 0.419 e. The minimum Gasteiger partial charge on any atom is -0.503 e. The van der Waals surface area contributed by atoms with Gasteiger partial charge < -0.3 is 14.9 Å². The summed E-state index contributed by atoms with van der Waals surface area (Å²) >= 11 is 0. The van der Waals surface area contributed by atoms with Crippen molar-refractivity contribution in [2.24, 2.45) is 7.05 Å². The van der Waals surface area contributed by atoms with Crippen molar-refractivity contribution in [3.63, 3.8) is 0 Å². The van der Waals surface area contributed by atoms with Crippen molar-refractivity contribution >= 4 is 17.0 Å². The molecule has 0 bridgehead atoms. The number of fused-ring (bicyclic) bond motifs is 1. The van der Waals surface area contributed by atoms with Gasteiger partial charge in [0.2, 0.25) is 5.95 Å². The van der Waals surface area contributed by atoms with E-state index in [4.69, 9.17) is 0 Å². The lowest BCUT2D eigenvalue weighted by Crippen LogP contribution is -2.53. The number of anilines is 1. The highest BCUT2D eigenvalue weighted by Crippen LogP contribution is 2.41. The second-order valence-electron chi connectivity index (χ2n) is 9.12. The van der Waals surface area contributed by atoms with E-state index in [1.165, 1.54) is 17.9 Å². The lowest BCUT2D eigenvalue weighted by Gasteiger charge is -2.40. The number of aryl methyl sites for hydroxylation is 1. The molecule has 4 aromatic rings. The van der Waals surface area contributed by atoms with Gasteiger partial charge in [-0.05, 0) is 25.1 Å². The first-order chi connectivity index (χ1) is 17.5. The number of halogens is 5. The summed E-state index contributed by atoms with van der Waals surface area (Å²) in [5, 5.41) is 14.0. The highest BCUT2D eigenvalue weighted by Gasteiger charge is 2.38. The zero-order valence-electron chi connectivity index (χ0n) is 20.0. The molecule has 1 fully saturated rings. The lowest BCUT2D eigenvalue weighted by molar-refractivity contribution is -0.140. The summed E-state index contributed by atoms with van der Waals surface area (Å²) in [6.45, 7) is 2.20. The van der Waals surface area contributed by atoms with Crippen LogP contribution in [0.5, 0.6) is 5.75 Å². The van der Waals surface area contributed by atoms with E-state index in [1.807, 2.05) is 37.4 Å². The van der Waals surface area contributed by atoms with Crippen LogP contribution in [-0.4, -0.2) is 62.5 Å². The molecule has 2 aromatic heterocycles. The molecule has 1 saturated heterocycles. The molecule has 2 aromatic carbocycles. The number of benzene rings is 2. The summed E-state index contributed by atoms with van der Waals surface area (Å²) in [7, 11) is 3.55. The van der Waals surface area contributed by atoms with Gasteiger partial charge in [0, 0.05) is 44.5 Å². The topological polar surface area (TPSA) is 70.3 Å². The van der Waals surface area contributed by atoms with Crippen LogP contribution in [0.3, 0.4) is 0 Å². The van der Waals surface area contributed by atoms with Crippen molar-refractivity contribution in [2.45, 2.75) is 18.6 Å². The van der Waals surface area contributed by atoms with Crippen molar-refractivity contribution in [2.75, 3.05) is 31.6 Å². The number of piperazine rings is 1. The molecule has 1 aliphatic rings. The Morgan fingerprint density at radius 3 is 2.49 bits per heavy atom. The van der Waals surface area contributed by atoms with Crippen LogP contribution in [0.1, 0.15) is 11.1 Å². The molecule has 7 nitrogen and oxygen atoms in total. The summed E-state index contributed by atoms with van der Waals surface area (Å²) in [6, 6.07) is 10.4. The quantitative estimate of drug-likeness (QED) is 0.404. The highest BCUT2D eigenvalue weighted by atomic mass is 19.4. The van der Waals surface area contributed by atoms with Gasteiger partial charge in [0.25, 0.3) is 0 Å². The van der Waals surface area contributed by atoms with E-state index in [9.17, 15) is 27.1 Å². The van der Waals surface area contributed by atoms with E-state index in [0.717, 1.165) is 25.1 Å². The van der Waals surface area contributed by atoms with Crippen molar-refractivity contribution in [3.8, 4) is 17.0 Å². The number of rotatable bonds is 4. The van der Waals surface area contributed by atoms with E-state index in [2.05, 4.69) is 24.9 Å². The molecule has 5 rings (SSSR count). The molecule has 3 heterocycles. The molecular weight excluding hydrogens is 495 g/mol. The molecule has 0 radical (unpaired) electrons. The van der Waals surface area contributed by atoms with Crippen LogP contribution in [0, 0.1) is 11.6 Å². The van der Waals surface area contributed by atoms with Crippen LogP contribution in [0.15, 0.2) is 42.6 Å². The molecule has 1 atom stereocenters. The summed E-state index contributed by atoms with van der Waals surface area (Å²) in [5.41, 5.74) is -1.31. The minimum atomic E-state index is -5.15. The van der Waals surface area contributed by atoms with Crippen LogP contribution in [0.4, 0.5) is 27.9 Å². The number of hydrogen-bond donors (Lipinski definition) is 1. The fourth-order valence-corrected chi connectivity index (χ4v) is 4.70. The minimum absolute atomic E-state index is 0.0622. The van der Waals surface area contributed by atoms with Crippen LogP contribution in [0.2, 0.25) is 0 Å². The average Bonchev–Trinajstić information content (AvgIpc) is 3.18. The van der Waals surface area contributed by atoms with Crippen LogP contribution < -0.4 is 4.90 Å². The molecule has 0 saturated carbocycles. The Labute approximate surface area is 208 Å². The standard InChI is InChI=1S/C25H23F5N6O/c1-34-8-9-36(15(13-34)10-14-6-4-3-5-7-14)24-31-12-17-21(33-35(2)23(17)32-24)16-11-18(25(28,29)30)20(27)22(37)19(16)26/h3-7,11-12,15,37H,8-10,13H2,1-2H3/t15-/m1/s1. The number of aromatic hydroxyl groups is 1. The van der Waals surface area contributed by atoms with Crippen LogP contribution in [-0.2, 0) is 19.6 Å². The third kappa shape index (κ3) is 4.57. The van der Waals surface area contributed by atoms with E-state index in [1.54, 1.807) is 0 Å². The summed E-state index contributed by atoms with van der Waals surface area (Å²) < 4.78 is 70.0. The fourth-order valence-electron chi connectivity index (χ4n) is 4.70. The maximum atomic E-state index is 14.8. The monoisotopic (exact) mass is 518 g/mol. The van der Waals surface area contributed by atoms with E-state index < -0.39 is 34.7 Å². The lowest BCUT2D eigenvalue weighted by atomic mass is 10.0. The molecule has 0 spiro atoms. The van der Waals surface area contributed by atoms with Crippen molar-refractivity contribution in [1.29, 1.82) is 0 Å². The molecule has 37 heavy (non-hydrogen) atoms. The Bertz CT molecular complexity index is 1460. The third-order valence-corrected chi connectivity index (χ3v) is 6.56. The van der Waals surface area contributed by atoms with Gasteiger partial charge in [-0.15, -0.1) is 0 Å². The summed E-state index contributed by atoms with van der Waals surface area (Å²) in [5.74, 6) is -4.93. The number of aromatic nitrogens is 4. The zero-order chi connectivity index (χ0) is 26.5. The SMILES string of the molecule is CN1CCN(c2ncc3c(-c4cc(C(F)(F)F)c(F)c(O)c4F)nn(C)c3n2)[C@H](Cc2ccccc2)C1. The van der Waals surface area contributed by atoms with Gasteiger partial charge in [0.05, 0.1) is 10.9 Å². The Morgan fingerprint density at radius 1 is 1.05 bits per heavy atom. The van der Waals surface area contributed by atoms with Crippen LogP contribution in [0.25, 0.3) is 22.3 Å². The van der Waals surface area contributed by atoms with Crippen LogP contribution >= 0.6 is 0 Å². The van der Waals surface area contributed by atoms with Gasteiger partial charge in [0.15, 0.2) is 23.0 Å². The predicted octanol–water partition coefficient (Wildman–Crippen LogP) is 4.40. The first kappa shape index (κ1) is 24.9. The Kier molecular flexibility index (Phi) is 6.22. The number of phenolic OH excluding ortho intramolecular Hbond substituents is 1. The molecule has 12 heteroatoms. The zero-order valence-corrected chi connectivity index (χ0v) is 20.0. The molecule has 1 aliphatic heterocycles. The van der Waals surface area contributed by atoms with Crippen molar-refractivity contribution in [1.82, 2.24) is 24.6 Å². The molecule has 0 aliphatic carbocycles. The van der Waals surface area contributed by atoms with Gasteiger partial charge >= 0.3 is 6.18 Å². The van der Waals surface area contributed by atoms with Gasteiger partial charge in [-0.3, -0.25) is 0 Å². The maximum Gasteiger partial charge on any atom is 0.419 e. The first-order valence-corrected chi connectivity index (χ1v) is 11.5. The van der Waals surface area contributed by atoms with Gasteiger partial charge in [0.1, 0.15) is 5.69 Å². The summed E-state index contributed by atoms with van der Waals surface area (Å²) in [6.07, 6.45) is -3.03. The Hall–Kier alpha value is -3.80. The highest BCUT2D eigenvalue weighted by molar-refractivity contribution is 5.91. The predicted molar refractivity (Wildman–Crippen MR) is 127 cm³/mol. The average molecular weight is 518 g/mol. The second-order valence-corrected chi connectivity index (χ2v) is 9.12. The molecule has 194 valence electrons. The van der Waals surface area contributed by atoms with E-state index in [-0.39, 0.29) is 22.8 Å². The number of nitrogens with zero attached hydrogens (tertiary/aromatic N) is 6. The van der Waals surface area contributed by atoms with Crippen molar-refractivity contribution in [3.05, 3.63) is 65.4 Å². The summed E-state index contributed by atoms with van der Waals surface area (Å²) in [4.78, 5) is 13.4. The molecule has 1 N–H and O–H groups in total. The van der Waals surface area contributed by atoms with Gasteiger partial charge in [-0.1, -0.05) is 30.3 Å². The fraction of sp³-hybridized carbons (Fsp3) is 0.320.